The summed E-state index contributed by atoms with van der Waals surface area (Å²) < 4.78 is 26.0. The number of nitrogens with zero attached hydrogens (tertiary/aromatic N) is 1. The van der Waals surface area contributed by atoms with Crippen LogP contribution in [0.5, 0.6) is 0 Å². The third kappa shape index (κ3) is 4.63. The van der Waals surface area contributed by atoms with E-state index in [-0.39, 0.29) is 18.1 Å². The average molecular weight is 304 g/mol. The molecule has 0 aliphatic heterocycles. The summed E-state index contributed by atoms with van der Waals surface area (Å²) in [4.78, 5) is 14.0. The van der Waals surface area contributed by atoms with E-state index in [1.54, 1.807) is 0 Å². The van der Waals surface area contributed by atoms with Gasteiger partial charge < -0.3 is 5.32 Å². The van der Waals surface area contributed by atoms with Crippen LogP contribution in [0.15, 0.2) is 48.5 Å². The highest BCUT2D eigenvalue weighted by Crippen LogP contribution is 2.13. The standard InChI is InChI=1S/C17H18F2N2O/c1-2-21(11-13-6-4-3-5-7-13)12-17(22)20-14-8-9-15(18)16(19)10-14/h3-10H,2,11-12H2,1H3,(H,20,22). The van der Waals surface area contributed by atoms with Crippen LogP contribution >= 0.6 is 0 Å². The maximum atomic E-state index is 13.1. The maximum absolute atomic E-state index is 13.1. The van der Waals surface area contributed by atoms with Crippen LogP contribution in [0.3, 0.4) is 0 Å². The zero-order chi connectivity index (χ0) is 15.9. The number of carbonyl (C=O) groups is 1. The molecular weight excluding hydrogens is 286 g/mol. The van der Waals surface area contributed by atoms with Gasteiger partial charge in [-0.25, -0.2) is 8.78 Å². The van der Waals surface area contributed by atoms with Crippen molar-refractivity contribution in [2.45, 2.75) is 13.5 Å². The molecule has 0 spiro atoms. The summed E-state index contributed by atoms with van der Waals surface area (Å²) in [6.07, 6.45) is 0. The molecule has 116 valence electrons. The largest absolute Gasteiger partial charge is 0.325 e. The molecular formula is C17H18F2N2O. The molecule has 0 heterocycles. The molecule has 0 saturated carbocycles. The van der Waals surface area contributed by atoms with Gasteiger partial charge in [-0.2, -0.15) is 0 Å². The monoisotopic (exact) mass is 304 g/mol. The molecule has 0 aliphatic carbocycles. The Morgan fingerprint density at radius 2 is 1.82 bits per heavy atom. The number of amides is 1. The van der Waals surface area contributed by atoms with Crippen LogP contribution in [0.1, 0.15) is 12.5 Å². The molecule has 0 radical (unpaired) electrons. The number of hydrogen-bond acceptors (Lipinski definition) is 2. The van der Waals surface area contributed by atoms with Crippen molar-refractivity contribution in [1.82, 2.24) is 4.90 Å². The van der Waals surface area contributed by atoms with E-state index in [4.69, 9.17) is 0 Å². The minimum atomic E-state index is -0.977. The number of likely N-dealkylation sites (N-methyl/N-ethyl adjacent to an activating group) is 1. The number of nitrogens with one attached hydrogen (secondary N) is 1. The number of rotatable bonds is 6. The zero-order valence-electron chi connectivity index (χ0n) is 12.4. The Labute approximate surface area is 128 Å². The molecule has 2 aromatic rings. The summed E-state index contributed by atoms with van der Waals surface area (Å²) in [6.45, 7) is 3.51. The lowest BCUT2D eigenvalue weighted by atomic mass is 10.2. The molecule has 1 amide bonds. The van der Waals surface area contributed by atoms with Gasteiger partial charge in [0.2, 0.25) is 5.91 Å². The summed E-state index contributed by atoms with van der Waals surface area (Å²) in [7, 11) is 0. The van der Waals surface area contributed by atoms with Gasteiger partial charge in [-0.3, -0.25) is 9.69 Å². The lowest BCUT2D eigenvalue weighted by molar-refractivity contribution is -0.117. The molecule has 5 heteroatoms. The highest BCUT2D eigenvalue weighted by atomic mass is 19.2. The smallest absolute Gasteiger partial charge is 0.238 e. The Balaban J connectivity index is 1.93. The van der Waals surface area contributed by atoms with Gasteiger partial charge in [0.1, 0.15) is 0 Å². The Hall–Kier alpha value is -2.27. The molecule has 0 aliphatic rings. The van der Waals surface area contributed by atoms with Crippen LogP contribution in [0.25, 0.3) is 0 Å². The molecule has 3 nitrogen and oxygen atoms in total. The van der Waals surface area contributed by atoms with Gasteiger partial charge in [-0.15, -0.1) is 0 Å². The third-order valence-electron chi connectivity index (χ3n) is 3.27. The molecule has 0 fully saturated rings. The lowest BCUT2D eigenvalue weighted by Gasteiger charge is -2.20. The number of carbonyl (C=O) groups excluding carboxylic acids is 1. The molecule has 2 aromatic carbocycles. The van der Waals surface area contributed by atoms with Crippen LogP contribution in [-0.2, 0) is 11.3 Å². The third-order valence-corrected chi connectivity index (χ3v) is 3.27. The van der Waals surface area contributed by atoms with Crippen LogP contribution in [0, 0.1) is 11.6 Å². The van der Waals surface area contributed by atoms with Gasteiger partial charge in [0, 0.05) is 18.3 Å². The number of benzene rings is 2. The van der Waals surface area contributed by atoms with Gasteiger partial charge in [0.15, 0.2) is 11.6 Å². The summed E-state index contributed by atoms with van der Waals surface area (Å²) in [5.41, 5.74) is 1.37. The highest BCUT2D eigenvalue weighted by Gasteiger charge is 2.11. The predicted octanol–water partition coefficient (Wildman–Crippen LogP) is 3.43. The fraction of sp³-hybridized carbons (Fsp3) is 0.235. The van der Waals surface area contributed by atoms with E-state index in [2.05, 4.69) is 5.32 Å². The minimum absolute atomic E-state index is 0.185. The van der Waals surface area contributed by atoms with Crippen LogP contribution in [0.2, 0.25) is 0 Å². The van der Waals surface area contributed by atoms with Gasteiger partial charge in [-0.05, 0) is 24.2 Å². The van der Waals surface area contributed by atoms with Gasteiger partial charge >= 0.3 is 0 Å². The van der Waals surface area contributed by atoms with Crippen molar-refractivity contribution < 1.29 is 13.6 Å². The Morgan fingerprint density at radius 3 is 2.45 bits per heavy atom. The minimum Gasteiger partial charge on any atom is -0.325 e. The SMILES string of the molecule is CCN(CC(=O)Nc1ccc(F)c(F)c1)Cc1ccccc1. The second-order valence-electron chi connectivity index (χ2n) is 4.97. The van der Waals surface area contributed by atoms with E-state index in [9.17, 15) is 13.6 Å². The summed E-state index contributed by atoms with van der Waals surface area (Å²) in [6, 6.07) is 13.1. The van der Waals surface area contributed by atoms with Gasteiger partial charge in [0.25, 0.3) is 0 Å². The van der Waals surface area contributed by atoms with Crippen LogP contribution < -0.4 is 5.32 Å². The number of anilines is 1. The van der Waals surface area contributed by atoms with Crippen LogP contribution in [-0.4, -0.2) is 23.9 Å². The summed E-state index contributed by atoms with van der Waals surface area (Å²) in [5, 5.41) is 2.57. The normalized spacial score (nSPS) is 10.7. The highest BCUT2D eigenvalue weighted by molar-refractivity contribution is 5.92. The quantitative estimate of drug-likeness (QED) is 0.887. The summed E-state index contributed by atoms with van der Waals surface area (Å²) >= 11 is 0. The second-order valence-corrected chi connectivity index (χ2v) is 4.97. The topological polar surface area (TPSA) is 32.3 Å². The Morgan fingerprint density at radius 1 is 1.09 bits per heavy atom. The first-order valence-electron chi connectivity index (χ1n) is 7.09. The van der Waals surface area contributed by atoms with E-state index in [1.165, 1.54) is 6.07 Å². The molecule has 22 heavy (non-hydrogen) atoms. The van der Waals surface area contributed by atoms with E-state index in [0.29, 0.717) is 13.1 Å². The van der Waals surface area contributed by atoms with Crippen molar-refractivity contribution in [2.75, 3.05) is 18.4 Å². The van der Waals surface area contributed by atoms with E-state index < -0.39 is 11.6 Å². The van der Waals surface area contributed by atoms with Crippen LogP contribution in [0.4, 0.5) is 14.5 Å². The van der Waals surface area contributed by atoms with Crippen molar-refractivity contribution in [3.05, 3.63) is 65.7 Å². The molecule has 0 unspecified atom stereocenters. The van der Waals surface area contributed by atoms with Gasteiger partial charge in [-0.1, -0.05) is 37.3 Å². The number of halogens is 2. The Bertz CT molecular complexity index is 632. The van der Waals surface area contributed by atoms with E-state index >= 15 is 0 Å². The van der Waals surface area contributed by atoms with Crippen molar-refractivity contribution in [1.29, 1.82) is 0 Å². The lowest BCUT2D eigenvalue weighted by Crippen LogP contribution is -2.32. The molecule has 1 N–H and O–H groups in total. The molecule has 0 saturated heterocycles. The number of hydrogen-bond donors (Lipinski definition) is 1. The van der Waals surface area contributed by atoms with E-state index in [0.717, 1.165) is 17.7 Å². The molecule has 0 aromatic heterocycles. The Kier molecular flexibility index (Phi) is 5.61. The van der Waals surface area contributed by atoms with E-state index in [1.807, 2.05) is 42.2 Å². The first kappa shape index (κ1) is 16.1. The zero-order valence-corrected chi connectivity index (χ0v) is 12.4. The van der Waals surface area contributed by atoms with Crippen molar-refractivity contribution in [2.24, 2.45) is 0 Å². The molecule has 2 rings (SSSR count). The predicted molar refractivity (Wildman–Crippen MR) is 82.4 cm³/mol. The van der Waals surface area contributed by atoms with Crippen molar-refractivity contribution in [3.8, 4) is 0 Å². The maximum Gasteiger partial charge on any atom is 0.238 e. The fourth-order valence-electron chi connectivity index (χ4n) is 2.10. The molecule has 0 atom stereocenters. The second kappa shape index (κ2) is 7.66. The first-order chi connectivity index (χ1) is 10.6. The fourth-order valence-corrected chi connectivity index (χ4v) is 2.10. The average Bonchev–Trinajstić information content (AvgIpc) is 2.51. The summed E-state index contributed by atoms with van der Waals surface area (Å²) in [5.74, 6) is -2.17. The molecule has 0 bridgehead atoms. The van der Waals surface area contributed by atoms with Crippen molar-refractivity contribution in [3.63, 3.8) is 0 Å². The first-order valence-corrected chi connectivity index (χ1v) is 7.09. The van der Waals surface area contributed by atoms with Crippen molar-refractivity contribution >= 4 is 11.6 Å². The van der Waals surface area contributed by atoms with Gasteiger partial charge in [0.05, 0.1) is 6.54 Å².